The third-order valence-electron chi connectivity index (χ3n) is 3.70. The lowest BCUT2D eigenvalue weighted by atomic mass is 10.2. The van der Waals surface area contributed by atoms with Crippen LogP contribution in [0.15, 0.2) is 12.3 Å². The average molecular weight is 305 g/mol. The summed E-state index contributed by atoms with van der Waals surface area (Å²) < 4.78 is 0. The van der Waals surface area contributed by atoms with E-state index >= 15 is 0 Å². The van der Waals surface area contributed by atoms with Crippen LogP contribution in [0.3, 0.4) is 0 Å². The van der Waals surface area contributed by atoms with Gasteiger partial charge in [-0.15, -0.1) is 0 Å². The fourth-order valence-corrected chi connectivity index (χ4v) is 2.33. The lowest BCUT2D eigenvalue weighted by Crippen LogP contribution is -2.50. The van der Waals surface area contributed by atoms with Crippen molar-refractivity contribution in [3.63, 3.8) is 0 Å². The van der Waals surface area contributed by atoms with Gasteiger partial charge in [-0.3, -0.25) is 9.59 Å². The predicted molar refractivity (Wildman–Crippen MR) is 83.6 cm³/mol. The molecule has 2 amide bonds. The summed E-state index contributed by atoms with van der Waals surface area (Å²) in [6.45, 7) is 6.70. The molecule has 2 rings (SSSR count). The molecule has 0 radical (unpaired) electrons. The number of nitrogens with one attached hydrogen (secondary N) is 1. The van der Waals surface area contributed by atoms with Crippen LogP contribution in [0.1, 0.15) is 37.2 Å². The Morgan fingerprint density at radius 1 is 1.23 bits per heavy atom. The molecule has 0 unspecified atom stereocenters. The third kappa shape index (κ3) is 4.16. The van der Waals surface area contributed by atoms with Crippen molar-refractivity contribution in [2.45, 2.75) is 26.7 Å². The number of rotatable bonds is 5. The fourth-order valence-electron chi connectivity index (χ4n) is 2.33. The number of anilines is 1. The summed E-state index contributed by atoms with van der Waals surface area (Å²) in [6, 6.07) is 1.63. The second-order valence-corrected chi connectivity index (χ2v) is 5.34. The van der Waals surface area contributed by atoms with Crippen molar-refractivity contribution >= 4 is 17.8 Å². The van der Waals surface area contributed by atoms with E-state index in [1.54, 1.807) is 29.0 Å². The third-order valence-corrected chi connectivity index (χ3v) is 3.70. The van der Waals surface area contributed by atoms with Crippen molar-refractivity contribution in [3.8, 4) is 0 Å². The van der Waals surface area contributed by atoms with Crippen LogP contribution in [0.25, 0.3) is 0 Å². The zero-order valence-electron chi connectivity index (χ0n) is 13.2. The second-order valence-electron chi connectivity index (χ2n) is 5.34. The summed E-state index contributed by atoms with van der Waals surface area (Å²) in [5.41, 5.74) is 0.394. The summed E-state index contributed by atoms with van der Waals surface area (Å²) in [5.74, 6) is 0.433. The number of carbonyl (C=O) groups excluding carboxylic acids is 2. The molecule has 22 heavy (non-hydrogen) atoms. The molecule has 0 spiro atoms. The van der Waals surface area contributed by atoms with Gasteiger partial charge in [0.1, 0.15) is 5.69 Å². The maximum absolute atomic E-state index is 12.5. The molecule has 1 aliphatic heterocycles. The lowest BCUT2D eigenvalue weighted by Gasteiger charge is -2.34. The SMILES string of the molecule is CCCCNc1nccc(C(=O)N2CCN(C(C)=O)CC2)n1. The zero-order valence-corrected chi connectivity index (χ0v) is 13.2. The molecule has 0 aromatic carbocycles. The Hall–Kier alpha value is -2.18. The van der Waals surface area contributed by atoms with Gasteiger partial charge in [-0.05, 0) is 12.5 Å². The Balaban J connectivity index is 1.95. The van der Waals surface area contributed by atoms with Crippen LogP contribution in [0.5, 0.6) is 0 Å². The molecule has 1 N–H and O–H groups in total. The van der Waals surface area contributed by atoms with Gasteiger partial charge in [-0.2, -0.15) is 0 Å². The number of hydrogen-bond acceptors (Lipinski definition) is 5. The second kappa shape index (κ2) is 7.72. The number of aromatic nitrogens is 2. The molecule has 1 fully saturated rings. The summed E-state index contributed by atoms with van der Waals surface area (Å²) in [7, 11) is 0. The van der Waals surface area contributed by atoms with Crippen molar-refractivity contribution in [1.29, 1.82) is 0 Å². The summed E-state index contributed by atoms with van der Waals surface area (Å²) >= 11 is 0. The zero-order chi connectivity index (χ0) is 15.9. The summed E-state index contributed by atoms with van der Waals surface area (Å²) in [6.07, 6.45) is 3.72. The van der Waals surface area contributed by atoms with Crippen molar-refractivity contribution < 1.29 is 9.59 Å². The Kier molecular flexibility index (Phi) is 5.68. The molecule has 1 saturated heterocycles. The molecule has 0 bridgehead atoms. The molecule has 1 aromatic rings. The molecular formula is C15H23N5O2. The highest BCUT2D eigenvalue weighted by molar-refractivity contribution is 5.92. The Bertz CT molecular complexity index is 526. The van der Waals surface area contributed by atoms with Crippen LogP contribution in [-0.4, -0.2) is 64.3 Å². The highest BCUT2D eigenvalue weighted by atomic mass is 16.2. The fraction of sp³-hybridized carbons (Fsp3) is 0.600. The molecule has 0 saturated carbocycles. The van der Waals surface area contributed by atoms with Crippen LogP contribution in [0, 0.1) is 0 Å². The minimum Gasteiger partial charge on any atom is -0.354 e. The van der Waals surface area contributed by atoms with Gasteiger partial charge in [0.2, 0.25) is 11.9 Å². The van der Waals surface area contributed by atoms with E-state index in [1.165, 1.54) is 0 Å². The quantitative estimate of drug-likeness (QED) is 0.821. The number of piperazine rings is 1. The average Bonchev–Trinajstić information content (AvgIpc) is 2.55. The van der Waals surface area contributed by atoms with Gasteiger partial charge >= 0.3 is 0 Å². The number of carbonyl (C=O) groups is 2. The Labute approximate surface area is 130 Å². The van der Waals surface area contributed by atoms with Crippen molar-refractivity contribution in [1.82, 2.24) is 19.8 Å². The first-order valence-corrected chi connectivity index (χ1v) is 7.73. The lowest BCUT2D eigenvalue weighted by molar-refractivity contribution is -0.130. The Morgan fingerprint density at radius 2 is 1.91 bits per heavy atom. The highest BCUT2D eigenvalue weighted by Crippen LogP contribution is 2.09. The number of hydrogen-bond donors (Lipinski definition) is 1. The molecule has 1 aliphatic rings. The summed E-state index contributed by atoms with van der Waals surface area (Å²) in [4.78, 5) is 35.7. The summed E-state index contributed by atoms with van der Waals surface area (Å²) in [5, 5.41) is 3.12. The van der Waals surface area contributed by atoms with E-state index in [4.69, 9.17) is 0 Å². The van der Waals surface area contributed by atoms with Gasteiger partial charge in [-0.1, -0.05) is 13.3 Å². The van der Waals surface area contributed by atoms with Gasteiger partial charge < -0.3 is 15.1 Å². The van der Waals surface area contributed by atoms with Crippen LogP contribution in [0.2, 0.25) is 0 Å². The van der Waals surface area contributed by atoms with E-state index in [9.17, 15) is 9.59 Å². The van der Waals surface area contributed by atoms with E-state index < -0.39 is 0 Å². The van der Waals surface area contributed by atoms with Gasteiger partial charge in [0.25, 0.3) is 5.91 Å². The molecule has 0 atom stereocenters. The monoisotopic (exact) mass is 305 g/mol. The van der Waals surface area contributed by atoms with Crippen LogP contribution in [-0.2, 0) is 4.79 Å². The number of nitrogens with zero attached hydrogens (tertiary/aromatic N) is 4. The van der Waals surface area contributed by atoms with Gasteiger partial charge in [0.15, 0.2) is 0 Å². The van der Waals surface area contributed by atoms with Crippen LogP contribution in [0.4, 0.5) is 5.95 Å². The minimum atomic E-state index is -0.107. The first-order valence-electron chi connectivity index (χ1n) is 7.73. The predicted octanol–water partition coefficient (Wildman–Crippen LogP) is 0.993. The van der Waals surface area contributed by atoms with Crippen molar-refractivity contribution in [3.05, 3.63) is 18.0 Å². The van der Waals surface area contributed by atoms with E-state index in [0.717, 1.165) is 19.4 Å². The minimum absolute atomic E-state index is 0.0524. The largest absolute Gasteiger partial charge is 0.354 e. The number of unbranched alkanes of at least 4 members (excludes halogenated alkanes) is 1. The molecule has 2 heterocycles. The maximum Gasteiger partial charge on any atom is 0.272 e. The molecule has 1 aromatic heterocycles. The molecular weight excluding hydrogens is 282 g/mol. The smallest absolute Gasteiger partial charge is 0.272 e. The highest BCUT2D eigenvalue weighted by Gasteiger charge is 2.24. The van der Waals surface area contributed by atoms with Crippen molar-refractivity contribution in [2.24, 2.45) is 0 Å². The van der Waals surface area contributed by atoms with Gasteiger partial charge in [-0.25, -0.2) is 9.97 Å². The van der Waals surface area contributed by atoms with E-state index in [2.05, 4.69) is 22.2 Å². The Morgan fingerprint density at radius 3 is 2.55 bits per heavy atom. The molecule has 0 aliphatic carbocycles. The number of amides is 2. The normalized spacial score (nSPS) is 14.8. The maximum atomic E-state index is 12.5. The first kappa shape index (κ1) is 16.2. The van der Waals surface area contributed by atoms with E-state index in [-0.39, 0.29) is 11.8 Å². The van der Waals surface area contributed by atoms with Crippen molar-refractivity contribution in [2.75, 3.05) is 38.0 Å². The van der Waals surface area contributed by atoms with Crippen LogP contribution >= 0.6 is 0 Å². The van der Waals surface area contributed by atoms with E-state index in [1.807, 2.05) is 0 Å². The van der Waals surface area contributed by atoms with Crippen LogP contribution < -0.4 is 5.32 Å². The van der Waals surface area contributed by atoms with E-state index in [0.29, 0.717) is 37.8 Å². The first-order chi connectivity index (χ1) is 10.6. The van der Waals surface area contributed by atoms with Gasteiger partial charge in [0, 0.05) is 45.8 Å². The van der Waals surface area contributed by atoms with Gasteiger partial charge in [0.05, 0.1) is 0 Å². The molecule has 7 heteroatoms. The standard InChI is InChI=1S/C15H23N5O2/c1-3-4-6-16-15-17-7-5-13(18-15)14(22)20-10-8-19(9-11-20)12(2)21/h5,7H,3-4,6,8-11H2,1-2H3,(H,16,17,18). The topological polar surface area (TPSA) is 78.4 Å². The molecule has 7 nitrogen and oxygen atoms in total. The molecule has 120 valence electrons.